The Morgan fingerprint density at radius 1 is 1.42 bits per heavy atom. The van der Waals surface area contributed by atoms with E-state index in [-0.39, 0.29) is 18.0 Å². The van der Waals surface area contributed by atoms with E-state index < -0.39 is 0 Å². The number of rotatable bonds is 3. The molecule has 2 heterocycles. The lowest BCUT2D eigenvalue weighted by Crippen LogP contribution is -2.22. The van der Waals surface area contributed by atoms with Crippen LogP contribution in [-0.2, 0) is 22.4 Å². The van der Waals surface area contributed by atoms with E-state index in [1.807, 2.05) is 13.0 Å². The molecular weight excluding hydrogens is 308 g/mol. The molecule has 0 saturated carbocycles. The molecule has 3 nitrogen and oxygen atoms in total. The predicted octanol–water partition coefficient (Wildman–Crippen LogP) is 3.06. The van der Waals surface area contributed by atoms with Crippen LogP contribution in [0.3, 0.4) is 0 Å². The van der Waals surface area contributed by atoms with Gasteiger partial charge in [0.1, 0.15) is 11.9 Å². The van der Waals surface area contributed by atoms with E-state index >= 15 is 0 Å². The molecule has 0 amide bonds. The van der Waals surface area contributed by atoms with Gasteiger partial charge in [-0.15, -0.1) is 0 Å². The van der Waals surface area contributed by atoms with Gasteiger partial charge in [0.05, 0.1) is 12.7 Å². The second-order valence-corrected chi connectivity index (χ2v) is 6.22. The third-order valence-corrected chi connectivity index (χ3v) is 4.24. The van der Waals surface area contributed by atoms with Gasteiger partial charge in [-0.25, -0.2) is 0 Å². The number of hydrogen-bond acceptors (Lipinski definition) is 3. The maximum atomic E-state index is 12.3. The normalized spacial score (nSPS) is 25.2. The number of ketones is 1. The fourth-order valence-corrected chi connectivity index (χ4v) is 3.37. The van der Waals surface area contributed by atoms with Crippen LogP contribution in [0.5, 0.6) is 5.75 Å². The summed E-state index contributed by atoms with van der Waals surface area (Å²) in [6.07, 6.45) is 3.12. The Bertz CT molecular complexity index is 512. The Kier molecular flexibility index (Phi) is 3.63. The fraction of sp³-hybridized carbons (Fsp3) is 0.533. The van der Waals surface area contributed by atoms with Gasteiger partial charge in [-0.05, 0) is 37.5 Å². The summed E-state index contributed by atoms with van der Waals surface area (Å²) in [6.45, 7) is 2.73. The van der Waals surface area contributed by atoms with Gasteiger partial charge >= 0.3 is 0 Å². The van der Waals surface area contributed by atoms with Crippen LogP contribution in [0.15, 0.2) is 16.6 Å². The van der Waals surface area contributed by atoms with Crippen LogP contribution < -0.4 is 4.74 Å². The van der Waals surface area contributed by atoms with E-state index in [1.54, 1.807) is 0 Å². The number of benzene rings is 1. The standard InChI is InChI=1S/C15H17BrO3/c1-9-2-3-14(19-9)13(17)8-11-7-12(16)6-10-4-5-18-15(10)11/h6-7,9,14H,2-5,8H2,1H3. The maximum Gasteiger partial charge on any atom is 0.166 e. The van der Waals surface area contributed by atoms with Crippen molar-refractivity contribution in [1.29, 1.82) is 0 Å². The van der Waals surface area contributed by atoms with E-state index in [4.69, 9.17) is 9.47 Å². The first kappa shape index (κ1) is 13.1. The predicted molar refractivity (Wildman–Crippen MR) is 75.6 cm³/mol. The minimum atomic E-state index is -0.231. The smallest absolute Gasteiger partial charge is 0.166 e. The fourth-order valence-electron chi connectivity index (χ4n) is 2.82. The highest BCUT2D eigenvalue weighted by Gasteiger charge is 2.29. The van der Waals surface area contributed by atoms with Crippen LogP contribution in [0.4, 0.5) is 0 Å². The number of Topliss-reactive ketones (excluding diaryl/α,β-unsaturated/α-hetero) is 1. The number of carbonyl (C=O) groups is 1. The van der Waals surface area contributed by atoms with Crippen LogP contribution in [0, 0.1) is 0 Å². The Morgan fingerprint density at radius 3 is 3.00 bits per heavy atom. The van der Waals surface area contributed by atoms with E-state index in [0.29, 0.717) is 13.0 Å². The van der Waals surface area contributed by atoms with Gasteiger partial charge in [0.25, 0.3) is 0 Å². The largest absolute Gasteiger partial charge is 0.493 e. The quantitative estimate of drug-likeness (QED) is 0.857. The molecule has 0 N–H and O–H groups in total. The van der Waals surface area contributed by atoms with Crippen molar-refractivity contribution in [3.8, 4) is 5.75 Å². The number of halogens is 1. The van der Waals surface area contributed by atoms with Crippen LogP contribution in [-0.4, -0.2) is 24.6 Å². The van der Waals surface area contributed by atoms with E-state index in [0.717, 1.165) is 35.0 Å². The van der Waals surface area contributed by atoms with E-state index in [9.17, 15) is 4.79 Å². The molecule has 0 spiro atoms. The number of carbonyl (C=O) groups excluding carboxylic acids is 1. The van der Waals surface area contributed by atoms with Gasteiger partial charge < -0.3 is 9.47 Å². The maximum absolute atomic E-state index is 12.3. The third kappa shape index (κ3) is 2.70. The first-order chi connectivity index (χ1) is 9.13. The molecule has 2 aliphatic rings. The summed E-state index contributed by atoms with van der Waals surface area (Å²) in [5, 5.41) is 0. The van der Waals surface area contributed by atoms with Crippen molar-refractivity contribution in [2.24, 2.45) is 0 Å². The van der Waals surface area contributed by atoms with Gasteiger partial charge in [0.2, 0.25) is 0 Å². The molecule has 1 aromatic rings. The average Bonchev–Trinajstić information content (AvgIpc) is 2.97. The number of fused-ring (bicyclic) bond motifs is 1. The second kappa shape index (κ2) is 5.25. The third-order valence-electron chi connectivity index (χ3n) is 3.78. The van der Waals surface area contributed by atoms with Crippen molar-refractivity contribution < 1.29 is 14.3 Å². The summed E-state index contributed by atoms with van der Waals surface area (Å²) in [7, 11) is 0. The van der Waals surface area contributed by atoms with Gasteiger partial charge in [-0.2, -0.15) is 0 Å². The van der Waals surface area contributed by atoms with Crippen LogP contribution in [0.25, 0.3) is 0 Å². The monoisotopic (exact) mass is 324 g/mol. The Labute approximate surface area is 121 Å². The lowest BCUT2D eigenvalue weighted by atomic mass is 10.0. The molecule has 1 aromatic carbocycles. The molecule has 1 saturated heterocycles. The summed E-state index contributed by atoms with van der Waals surface area (Å²) in [6, 6.07) is 4.06. The van der Waals surface area contributed by atoms with Gasteiger partial charge in [0.15, 0.2) is 5.78 Å². The molecule has 0 bridgehead atoms. The zero-order chi connectivity index (χ0) is 13.4. The van der Waals surface area contributed by atoms with Crippen LogP contribution in [0.1, 0.15) is 30.9 Å². The number of ether oxygens (including phenoxy) is 2. The Morgan fingerprint density at radius 2 is 2.26 bits per heavy atom. The van der Waals surface area contributed by atoms with Gasteiger partial charge in [-0.3, -0.25) is 4.79 Å². The van der Waals surface area contributed by atoms with Crippen molar-refractivity contribution in [2.75, 3.05) is 6.61 Å². The zero-order valence-electron chi connectivity index (χ0n) is 10.9. The Hall–Kier alpha value is -0.870. The summed E-state index contributed by atoms with van der Waals surface area (Å²) in [5.41, 5.74) is 2.17. The Balaban J connectivity index is 1.78. The zero-order valence-corrected chi connectivity index (χ0v) is 12.5. The first-order valence-electron chi connectivity index (χ1n) is 6.76. The first-order valence-corrected chi connectivity index (χ1v) is 7.55. The highest BCUT2D eigenvalue weighted by molar-refractivity contribution is 9.10. The molecule has 2 aliphatic heterocycles. The second-order valence-electron chi connectivity index (χ2n) is 5.31. The van der Waals surface area contributed by atoms with Gasteiger partial charge in [-0.1, -0.05) is 15.9 Å². The summed E-state index contributed by atoms with van der Waals surface area (Å²) >= 11 is 3.50. The van der Waals surface area contributed by atoms with E-state index in [1.165, 1.54) is 5.56 Å². The van der Waals surface area contributed by atoms with Crippen LogP contribution >= 0.6 is 15.9 Å². The molecule has 0 aliphatic carbocycles. The molecule has 3 rings (SSSR count). The SMILES string of the molecule is CC1CCC(C(=O)Cc2cc(Br)cc3c2OCC3)O1. The molecule has 2 atom stereocenters. The molecule has 0 aromatic heterocycles. The minimum absolute atomic E-state index is 0.167. The summed E-state index contributed by atoms with van der Waals surface area (Å²) in [5.74, 6) is 1.07. The lowest BCUT2D eigenvalue weighted by Gasteiger charge is -2.12. The molecule has 102 valence electrons. The highest BCUT2D eigenvalue weighted by atomic mass is 79.9. The van der Waals surface area contributed by atoms with Crippen LogP contribution in [0.2, 0.25) is 0 Å². The molecule has 2 unspecified atom stereocenters. The van der Waals surface area contributed by atoms with E-state index in [2.05, 4.69) is 22.0 Å². The topological polar surface area (TPSA) is 35.5 Å². The minimum Gasteiger partial charge on any atom is -0.493 e. The van der Waals surface area contributed by atoms with Crippen molar-refractivity contribution in [3.05, 3.63) is 27.7 Å². The van der Waals surface area contributed by atoms with Gasteiger partial charge in [0, 0.05) is 22.9 Å². The lowest BCUT2D eigenvalue weighted by molar-refractivity contribution is -0.128. The van der Waals surface area contributed by atoms with Crippen molar-refractivity contribution in [3.63, 3.8) is 0 Å². The van der Waals surface area contributed by atoms with Crippen molar-refractivity contribution in [2.45, 2.75) is 44.8 Å². The summed E-state index contributed by atoms with van der Waals surface area (Å²) < 4.78 is 12.3. The summed E-state index contributed by atoms with van der Waals surface area (Å²) in [4.78, 5) is 12.3. The molecular formula is C15H17BrO3. The average molecular weight is 325 g/mol. The molecule has 0 radical (unpaired) electrons. The molecule has 1 fully saturated rings. The van der Waals surface area contributed by atoms with Crippen molar-refractivity contribution >= 4 is 21.7 Å². The molecule has 19 heavy (non-hydrogen) atoms. The van der Waals surface area contributed by atoms with Crippen molar-refractivity contribution in [1.82, 2.24) is 0 Å². The number of hydrogen-bond donors (Lipinski definition) is 0. The molecule has 4 heteroatoms. The highest BCUT2D eigenvalue weighted by Crippen LogP contribution is 2.34.